The lowest BCUT2D eigenvalue weighted by Gasteiger charge is -2.51. The Kier molecular flexibility index (Phi) is 7.17. The molecule has 0 bridgehead atoms. The Hall–Kier alpha value is -3.09. The van der Waals surface area contributed by atoms with E-state index in [1.54, 1.807) is 0 Å². The summed E-state index contributed by atoms with van der Waals surface area (Å²) in [4.78, 5) is 32.1. The molecule has 0 unspecified atom stereocenters. The van der Waals surface area contributed by atoms with Crippen LogP contribution in [0.4, 0.5) is 11.4 Å². The molecule has 0 spiro atoms. The molecular formula is C29H33ClN4O2. The number of piperazine rings is 1. The van der Waals surface area contributed by atoms with Crippen LogP contribution in [0.5, 0.6) is 0 Å². The highest BCUT2D eigenvalue weighted by molar-refractivity contribution is 6.30. The van der Waals surface area contributed by atoms with Crippen LogP contribution in [-0.2, 0) is 5.54 Å². The second-order valence-corrected chi connectivity index (χ2v) is 10.5. The van der Waals surface area contributed by atoms with Crippen molar-refractivity contribution in [1.82, 2.24) is 9.88 Å². The van der Waals surface area contributed by atoms with Crippen LogP contribution < -0.4 is 15.8 Å². The largest absolute Gasteiger partial charge is 0.369 e. The molecule has 0 atom stereocenters. The summed E-state index contributed by atoms with van der Waals surface area (Å²) in [7, 11) is 0. The van der Waals surface area contributed by atoms with Gasteiger partial charge in [0, 0.05) is 49.3 Å². The van der Waals surface area contributed by atoms with Gasteiger partial charge in [-0.15, -0.1) is 0 Å². The Morgan fingerprint density at radius 2 is 1.72 bits per heavy atom. The van der Waals surface area contributed by atoms with E-state index in [-0.39, 0.29) is 16.5 Å². The number of anilines is 2. The van der Waals surface area contributed by atoms with Crippen LogP contribution >= 0.6 is 11.6 Å². The fourth-order valence-electron chi connectivity index (χ4n) is 5.74. The van der Waals surface area contributed by atoms with Gasteiger partial charge in [-0.05, 0) is 67.5 Å². The first kappa shape index (κ1) is 24.6. The van der Waals surface area contributed by atoms with Crippen molar-refractivity contribution in [2.24, 2.45) is 5.92 Å². The number of rotatable bonds is 5. The van der Waals surface area contributed by atoms with Crippen LogP contribution in [-0.4, -0.2) is 42.0 Å². The van der Waals surface area contributed by atoms with Gasteiger partial charge in [-0.25, -0.2) is 0 Å². The maximum absolute atomic E-state index is 12.9. The minimum atomic E-state index is -0.406. The molecule has 7 heteroatoms. The van der Waals surface area contributed by atoms with E-state index < -0.39 is 5.56 Å². The Morgan fingerprint density at radius 1 is 1.00 bits per heavy atom. The molecule has 2 fully saturated rings. The summed E-state index contributed by atoms with van der Waals surface area (Å²) in [6.45, 7) is 6.38. The molecule has 2 aliphatic rings. The maximum Gasteiger partial charge on any atom is 0.266 e. The maximum atomic E-state index is 12.9. The molecule has 1 saturated heterocycles. The van der Waals surface area contributed by atoms with Gasteiger partial charge in [0.05, 0.1) is 5.56 Å². The molecule has 1 saturated carbocycles. The lowest BCUT2D eigenvalue weighted by molar-refractivity contribution is 0.0299. The zero-order valence-electron chi connectivity index (χ0n) is 20.7. The van der Waals surface area contributed by atoms with Gasteiger partial charge in [0.2, 0.25) is 0 Å². The third kappa shape index (κ3) is 5.06. The number of nitrogens with zero attached hydrogens (tertiary/aromatic N) is 2. The van der Waals surface area contributed by atoms with Crippen LogP contribution in [0.3, 0.4) is 0 Å². The highest BCUT2D eigenvalue weighted by atomic mass is 35.5. The van der Waals surface area contributed by atoms with E-state index in [1.165, 1.54) is 36.4 Å². The predicted molar refractivity (Wildman–Crippen MR) is 146 cm³/mol. The molecule has 1 aliphatic heterocycles. The van der Waals surface area contributed by atoms with Crippen molar-refractivity contribution in [3.63, 3.8) is 0 Å². The lowest BCUT2D eigenvalue weighted by atomic mass is 9.71. The summed E-state index contributed by atoms with van der Waals surface area (Å²) in [5, 5.41) is 3.00. The molecule has 1 aromatic heterocycles. The van der Waals surface area contributed by atoms with E-state index >= 15 is 0 Å². The number of aromatic nitrogens is 1. The second-order valence-electron chi connectivity index (χ2n) is 10.1. The van der Waals surface area contributed by atoms with E-state index in [0.717, 1.165) is 50.6 Å². The average Bonchev–Trinajstić information content (AvgIpc) is 2.91. The molecule has 0 radical (unpaired) electrons. The molecule has 188 valence electrons. The van der Waals surface area contributed by atoms with Gasteiger partial charge < -0.3 is 15.2 Å². The number of nitrogens with one attached hydrogen (secondary N) is 2. The van der Waals surface area contributed by atoms with Crippen molar-refractivity contribution in [3.05, 3.63) is 93.4 Å². The third-order valence-corrected chi connectivity index (χ3v) is 8.17. The van der Waals surface area contributed by atoms with Crippen LogP contribution in [0, 0.1) is 5.92 Å². The zero-order valence-corrected chi connectivity index (χ0v) is 21.4. The van der Waals surface area contributed by atoms with Gasteiger partial charge in [0.1, 0.15) is 5.02 Å². The van der Waals surface area contributed by atoms with E-state index in [2.05, 4.69) is 69.5 Å². The number of para-hydroxylation sites is 1. The second kappa shape index (κ2) is 10.5. The standard InChI is InChI=1S/C29H33ClN4O2/c1-21-10-12-29(13-11-21,34-16-14-33(15-17-34)25-8-3-2-4-9-25)23-6-5-7-24(19-23)32-27(35)22-18-26(30)28(36)31-20-22/h2-9,18-21H,10-17H2,1H3,(H,31,36)(H,32,35). The monoisotopic (exact) mass is 504 g/mol. The Morgan fingerprint density at radius 3 is 2.42 bits per heavy atom. The van der Waals surface area contributed by atoms with Crippen molar-refractivity contribution in [2.45, 2.75) is 38.1 Å². The molecule has 3 aromatic rings. The van der Waals surface area contributed by atoms with Crippen LogP contribution in [0.1, 0.15) is 48.5 Å². The first-order valence-electron chi connectivity index (χ1n) is 12.8. The zero-order chi connectivity index (χ0) is 25.1. The van der Waals surface area contributed by atoms with E-state index in [4.69, 9.17) is 11.6 Å². The number of aromatic amines is 1. The number of benzene rings is 2. The summed E-state index contributed by atoms with van der Waals surface area (Å²) >= 11 is 5.92. The first-order valence-corrected chi connectivity index (χ1v) is 13.2. The van der Waals surface area contributed by atoms with Crippen LogP contribution in [0.15, 0.2) is 71.7 Å². The van der Waals surface area contributed by atoms with Gasteiger partial charge >= 0.3 is 0 Å². The number of hydrogen-bond acceptors (Lipinski definition) is 4. The minimum Gasteiger partial charge on any atom is -0.369 e. The summed E-state index contributed by atoms with van der Waals surface area (Å²) in [6, 6.07) is 20.3. The van der Waals surface area contributed by atoms with Gasteiger partial charge in [-0.2, -0.15) is 0 Å². The number of hydrogen-bond donors (Lipinski definition) is 2. The number of carbonyl (C=O) groups excluding carboxylic acids is 1. The molecule has 1 amide bonds. The number of halogens is 1. The van der Waals surface area contributed by atoms with Crippen LogP contribution in [0.25, 0.3) is 0 Å². The topological polar surface area (TPSA) is 68.4 Å². The summed E-state index contributed by atoms with van der Waals surface area (Å²) in [5.41, 5.74) is 3.19. The summed E-state index contributed by atoms with van der Waals surface area (Å²) in [5.74, 6) is 0.435. The first-order chi connectivity index (χ1) is 17.4. The molecule has 1 aliphatic carbocycles. The van der Waals surface area contributed by atoms with E-state index in [9.17, 15) is 9.59 Å². The normalized spacial score (nSPS) is 22.8. The molecule has 2 aromatic carbocycles. The molecule has 36 heavy (non-hydrogen) atoms. The highest BCUT2D eigenvalue weighted by Gasteiger charge is 2.42. The third-order valence-electron chi connectivity index (χ3n) is 7.89. The van der Waals surface area contributed by atoms with Crippen molar-refractivity contribution in [2.75, 3.05) is 36.4 Å². The Bertz CT molecular complexity index is 1260. The highest BCUT2D eigenvalue weighted by Crippen LogP contribution is 2.45. The van der Waals surface area contributed by atoms with Gasteiger partial charge in [0.25, 0.3) is 11.5 Å². The smallest absolute Gasteiger partial charge is 0.266 e. The minimum absolute atomic E-state index is 0.00123. The van der Waals surface area contributed by atoms with Gasteiger partial charge in [-0.3, -0.25) is 14.5 Å². The van der Waals surface area contributed by atoms with Crippen molar-refractivity contribution >= 4 is 28.9 Å². The van der Waals surface area contributed by atoms with E-state index in [1.807, 2.05) is 12.1 Å². The van der Waals surface area contributed by atoms with Crippen LogP contribution in [0.2, 0.25) is 5.02 Å². The van der Waals surface area contributed by atoms with E-state index in [0.29, 0.717) is 5.56 Å². The quantitative estimate of drug-likeness (QED) is 0.481. The molecule has 2 heterocycles. The fraction of sp³-hybridized carbons (Fsp3) is 0.379. The fourth-order valence-corrected chi connectivity index (χ4v) is 5.91. The summed E-state index contributed by atoms with van der Waals surface area (Å²) in [6.07, 6.45) is 6.03. The predicted octanol–water partition coefficient (Wildman–Crippen LogP) is 5.51. The molecular weight excluding hydrogens is 472 g/mol. The summed E-state index contributed by atoms with van der Waals surface area (Å²) < 4.78 is 0. The van der Waals surface area contributed by atoms with Gasteiger partial charge in [0.15, 0.2) is 0 Å². The Balaban J connectivity index is 1.37. The average molecular weight is 505 g/mol. The number of pyridine rings is 1. The molecule has 6 nitrogen and oxygen atoms in total. The van der Waals surface area contributed by atoms with Crippen molar-refractivity contribution in [3.8, 4) is 0 Å². The lowest BCUT2D eigenvalue weighted by Crippen LogP contribution is -2.56. The SMILES string of the molecule is CC1CCC(c2cccc(NC(=O)c3c[nH]c(=O)c(Cl)c3)c2)(N2CCN(c3ccccc3)CC2)CC1. The van der Waals surface area contributed by atoms with Crippen molar-refractivity contribution in [1.29, 1.82) is 0 Å². The number of amides is 1. The number of H-pyrrole nitrogens is 1. The Labute approximate surface area is 217 Å². The van der Waals surface area contributed by atoms with Crippen molar-refractivity contribution < 1.29 is 4.79 Å². The molecule has 2 N–H and O–H groups in total. The molecule has 5 rings (SSSR count). The number of carbonyl (C=O) groups is 1. The van der Waals surface area contributed by atoms with Gasteiger partial charge in [-0.1, -0.05) is 48.9 Å².